The van der Waals surface area contributed by atoms with Gasteiger partial charge in [0, 0.05) is 29.3 Å². The predicted molar refractivity (Wildman–Crippen MR) is 184 cm³/mol. The Bertz CT molecular complexity index is 1420. The summed E-state index contributed by atoms with van der Waals surface area (Å²) >= 11 is 14.2. The number of allylic oxidation sites excluding steroid dienone is 2. The van der Waals surface area contributed by atoms with Crippen LogP contribution in [-0.2, 0) is 12.8 Å². The van der Waals surface area contributed by atoms with Crippen LogP contribution in [0.3, 0.4) is 0 Å². The van der Waals surface area contributed by atoms with Crippen LogP contribution >= 0.6 is 77.2 Å². The van der Waals surface area contributed by atoms with E-state index in [1.54, 1.807) is 45.3 Å². The lowest BCUT2D eigenvalue weighted by molar-refractivity contribution is 0.667. The highest BCUT2D eigenvalue weighted by Crippen LogP contribution is 2.44. The van der Waals surface area contributed by atoms with Gasteiger partial charge in [0.15, 0.2) is 0 Å². The zero-order valence-electron chi connectivity index (χ0n) is 22.8. The second kappa shape index (κ2) is 15.6. The van der Waals surface area contributed by atoms with Gasteiger partial charge in [-0.2, -0.15) is 10.5 Å². The molecule has 0 fully saturated rings. The van der Waals surface area contributed by atoms with Crippen LogP contribution in [-0.4, -0.2) is 0 Å². The maximum Gasteiger partial charge on any atom is 0.102 e. The largest absolute Gasteiger partial charge is 0.192 e. The van der Waals surface area contributed by atoms with E-state index in [1.165, 1.54) is 79.8 Å². The zero-order valence-corrected chi connectivity index (χ0v) is 29.3. The van der Waals surface area contributed by atoms with Gasteiger partial charge in [-0.05, 0) is 105 Å². The molecule has 4 rings (SSSR count). The van der Waals surface area contributed by atoms with Crippen LogP contribution in [0.15, 0.2) is 44.0 Å². The van der Waals surface area contributed by atoms with Gasteiger partial charge in [-0.3, -0.25) is 0 Å². The third-order valence-corrected chi connectivity index (χ3v) is 13.3. The Morgan fingerprint density at radius 1 is 0.600 bits per heavy atom. The Kier molecular flexibility index (Phi) is 12.3. The molecule has 0 unspecified atom stereocenters. The molecule has 0 spiro atoms. The molecule has 0 aliphatic carbocycles. The van der Waals surface area contributed by atoms with E-state index in [0.29, 0.717) is 11.1 Å². The lowest BCUT2D eigenvalue weighted by Gasteiger charge is -1.99. The molecule has 0 N–H and O–H groups in total. The molecule has 8 heteroatoms. The molecule has 2 nitrogen and oxygen atoms in total. The van der Waals surface area contributed by atoms with E-state index in [0.717, 1.165) is 32.4 Å². The highest BCUT2D eigenvalue weighted by molar-refractivity contribution is 9.11. The van der Waals surface area contributed by atoms with Crippen molar-refractivity contribution >= 4 is 88.4 Å². The summed E-state index contributed by atoms with van der Waals surface area (Å²) in [6.45, 7) is 4.47. The minimum Gasteiger partial charge on any atom is -0.192 e. The molecule has 0 bridgehead atoms. The standard InChI is InChI=1S/C32H32Br2N2S4/c1-3-5-7-9-11-21-17-29(39-31(21)33)27-15-13-25(37-27)23(19-35)24(20-36)26-14-16-28(38-26)30-18-22(32(34)40-30)12-10-8-6-4-2/h13-18H,3-12H2,1-2H3/b24-23+. The fourth-order valence-electron chi connectivity index (χ4n) is 4.56. The van der Waals surface area contributed by atoms with Crippen LogP contribution in [0.4, 0.5) is 0 Å². The van der Waals surface area contributed by atoms with Crippen molar-refractivity contribution in [3.8, 4) is 31.6 Å². The number of hydrogen-bond donors (Lipinski definition) is 0. The Morgan fingerprint density at radius 2 is 1.02 bits per heavy atom. The first kappa shape index (κ1) is 31.4. The van der Waals surface area contributed by atoms with Crippen molar-refractivity contribution in [2.75, 3.05) is 0 Å². The number of nitriles is 2. The lowest BCUT2D eigenvalue weighted by atomic mass is 10.1. The number of aryl methyl sites for hydroxylation is 2. The fraction of sp³-hybridized carbons (Fsp3) is 0.375. The van der Waals surface area contributed by atoms with E-state index >= 15 is 0 Å². The molecule has 0 aliphatic rings. The molecule has 40 heavy (non-hydrogen) atoms. The smallest absolute Gasteiger partial charge is 0.102 e. The number of hydrogen-bond acceptors (Lipinski definition) is 6. The predicted octanol–water partition coefficient (Wildman–Crippen LogP) is 13.0. The number of rotatable bonds is 14. The SMILES string of the molecule is CCCCCCc1cc(-c2ccc(/C(C#N)=C(\C#N)c3ccc(-c4cc(CCCCCC)c(Br)s4)s3)s2)sc1Br. The van der Waals surface area contributed by atoms with Crippen molar-refractivity contribution in [3.63, 3.8) is 0 Å². The van der Waals surface area contributed by atoms with Gasteiger partial charge in [-0.1, -0.05) is 52.4 Å². The molecule has 208 valence electrons. The monoisotopic (exact) mass is 730 g/mol. The van der Waals surface area contributed by atoms with E-state index in [1.807, 2.05) is 12.1 Å². The van der Waals surface area contributed by atoms with E-state index < -0.39 is 0 Å². The van der Waals surface area contributed by atoms with Gasteiger partial charge in [0.05, 0.1) is 18.7 Å². The van der Waals surface area contributed by atoms with Crippen molar-refractivity contribution < 1.29 is 0 Å². The van der Waals surface area contributed by atoms with Gasteiger partial charge in [0.25, 0.3) is 0 Å². The second-order valence-electron chi connectivity index (χ2n) is 9.74. The van der Waals surface area contributed by atoms with E-state index in [2.05, 4.69) is 82.1 Å². The van der Waals surface area contributed by atoms with Crippen LogP contribution in [0.25, 0.3) is 30.7 Å². The molecular weight excluding hydrogens is 700 g/mol. The quantitative estimate of drug-likeness (QED) is 0.0957. The highest BCUT2D eigenvalue weighted by Gasteiger charge is 2.19. The minimum atomic E-state index is 0.450. The van der Waals surface area contributed by atoms with Gasteiger partial charge in [0.1, 0.15) is 12.1 Å². The topological polar surface area (TPSA) is 47.6 Å². The van der Waals surface area contributed by atoms with Gasteiger partial charge >= 0.3 is 0 Å². The van der Waals surface area contributed by atoms with Gasteiger partial charge < -0.3 is 0 Å². The molecule has 4 aromatic rings. The molecular formula is C32H32Br2N2S4. The van der Waals surface area contributed by atoms with E-state index in [4.69, 9.17) is 0 Å². The molecule has 0 radical (unpaired) electrons. The molecule has 0 aliphatic heterocycles. The van der Waals surface area contributed by atoms with Gasteiger partial charge in [-0.25, -0.2) is 0 Å². The van der Waals surface area contributed by atoms with Crippen LogP contribution in [0.2, 0.25) is 0 Å². The molecule has 0 saturated heterocycles. The zero-order chi connectivity index (χ0) is 28.5. The first-order valence-electron chi connectivity index (χ1n) is 13.8. The summed E-state index contributed by atoms with van der Waals surface area (Å²) in [6, 6.07) is 17.4. The molecule has 4 aromatic heterocycles. The van der Waals surface area contributed by atoms with Crippen molar-refractivity contribution in [3.05, 3.63) is 64.9 Å². The lowest BCUT2D eigenvalue weighted by Crippen LogP contribution is -1.83. The van der Waals surface area contributed by atoms with Gasteiger partial charge in [0.2, 0.25) is 0 Å². The van der Waals surface area contributed by atoms with Crippen LogP contribution in [0.5, 0.6) is 0 Å². The Labute approximate surface area is 271 Å². The van der Waals surface area contributed by atoms with Crippen molar-refractivity contribution in [1.29, 1.82) is 10.5 Å². The van der Waals surface area contributed by atoms with Crippen molar-refractivity contribution in [2.45, 2.75) is 78.1 Å². The summed E-state index contributed by atoms with van der Waals surface area (Å²) in [5.41, 5.74) is 3.61. The molecule has 4 heterocycles. The first-order chi connectivity index (χ1) is 19.5. The average molecular weight is 733 g/mol. The maximum atomic E-state index is 10.1. The summed E-state index contributed by atoms with van der Waals surface area (Å²) < 4.78 is 2.39. The van der Waals surface area contributed by atoms with Gasteiger partial charge in [-0.15, -0.1) is 45.3 Å². The third-order valence-electron chi connectivity index (χ3n) is 6.78. The first-order valence-corrected chi connectivity index (χ1v) is 18.7. The number of thiophene rings is 4. The summed E-state index contributed by atoms with van der Waals surface area (Å²) in [4.78, 5) is 6.35. The maximum absolute atomic E-state index is 10.1. The van der Waals surface area contributed by atoms with E-state index in [9.17, 15) is 10.5 Å². The number of unbranched alkanes of at least 4 members (excludes halogenated alkanes) is 6. The second-order valence-corrected chi connectivity index (χ2v) is 16.6. The Morgan fingerprint density at radius 3 is 1.40 bits per heavy atom. The molecule has 0 saturated carbocycles. The molecule has 0 atom stereocenters. The Balaban J connectivity index is 1.55. The highest BCUT2D eigenvalue weighted by atomic mass is 79.9. The summed E-state index contributed by atoms with van der Waals surface area (Å²) in [7, 11) is 0. The van der Waals surface area contributed by atoms with Crippen LogP contribution < -0.4 is 0 Å². The number of nitrogens with zero attached hydrogens (tertiary/aromatic N) is 2. The Hall–Kier alpha value is -1.52. The summed E-state index contributed by atoms with van der Waals surface area (Å²) in [5.74, 6) is 0. The summed E-state index contributed by atoms with van der Waals surface area (Å²) in [6.07, 6.45) is 12.1. The van der Waals surface area contributed by atoms with Crippen molar-refractivity contribution in [1.82, 2.24) is 0 Å². The number of halogens is 2. The van der Waals surface area contributed by atoms with E-state index in [-0.39, 0.29) is 0 Å². The van der Waals surface area contributed by atoms with Crippen molar-refractivity contribution in [2.24, 2.45) is 0 Å². The molecule has 0 amide bonds. The van der Waals surface area contributed by atoms with Crippen LogP contribution in [0, 0.1) is 22.7 Å². The minimum absolute atomic E-state index is 0.450. The average Bonchev–Trinajstić information content (AvgIpc) is 3.75. The third kappa shape index (κ3) is 7.85. The van der Waals surface area contributed by atoms with Crippen LogP contribution in [0.1, 0.15) is 86.1 Å². The fourth-order valence-corrected chi connectivity index (χ4v) is 10.3. The molecule has 0 aromatic carbocycles. The normalized spacial score (nSPS) is 11.8. The summed E-state index contributed by atoms with van der Waals surface area (Å²) in [5, 5.41) is 20.3.